The van der Waals surface area contributed by atoms with Crippen molar-refractivity contribution in [1.82, 2.24) is 10.2 Å². The Kier molecular flexibility index (Phi) is 4.88. The Morgan fingerprint density at radius 3 is 2.37 bits per heavy atom. The summed E-state index contributed by atoms with van der Waals surface area (Å²) in [7, 11) is 0. The molecule has 0 spiro atoms. The number of halogens is 2. The number of hydrogen-bond donors (Lipinski definition) is 0. The molecule has 0 saturated heterocycles. The minimum atomic E-state index is -0.983. The second-order valence-corrected chi connectivity index (χ2v) is 5.46. The van der Waals surface area contributed by atoms with Crippen LogP contribution in [0.4, 0.5) is 14.5 Å². The minimum Gasteiger partial charge on any atom is -0.449 e. The molecule has 3 aromatic rings. The predicted octanol–water partition coefficient (Wildman–Crippen LogP) is 3.84. The SMILES string of the molecule is CC(OC(=O)c1cc(F)cc(F)c1)c1nnc(-c2ccc([N+](=O)[O-])cc2)o1. The Morgan fingerprint density at radius 1 is 1.15 bits per heavy atom. The molecule has 27 heavy (non-hydrogen) atoms. The molecule has 0 radical (unpaired) electrons. The summed E-state index contributed by atoms with van der Waals surface area (Å²) in [5.41, 5.74) is 0.0441. The van der Waals surface area contributed by atoms with Gasteiger partial charge in [0.2, 0.25) is 5.89 Å². The molecule has 0 saturated carbocycles. The van der Waals surface area contributed by atoms with Crippen LogP contribution in [0.25, 0.3) is 11.5 Å². The largest absolute Gasteiger partial charge is 0.449 e. The van der Waals surface area contributed by atoms with Crippen LogP contribution in [-0.4, -0.2) is 21.1 Å². The third kappa shape index (κ3) is 4.11. The van der Waals surface area contributed by atoms with Crippen LogP contribution in [0.15, 0.2) is 46.9 Å². The Balaban J connectivity index is 1.73. The number of carbonyl (C=O) groups is 1. The van der Waals surface area contributed by atoms with Gasteiger partial charge in [0.25, 0.3) is 11.6 Å². The number of benzene rings is 2. The lowest BCUT2D eigenvalue weighted by Gasteiger charge is -2.09. The number of nitrogens with zero attached hydrogens (tertiary/aromatic N) is 3. The first-order valence-electron chi connectivity index (χ1n) is 7.59. The molecule has 10 heteroatoms. The second-order valence-electron chi connectivity index (χ2n) is 5.46. The highest BCUT2D eigenvalue weighted by Crippen LogP contribution is 2.25. The van der Waals surface area contributed by atoms with Crippen LogP contribution in [0.2, 0.25) is 0 Å². The first kappa shape index (κ1) is 18.1. The maximum atomic E-state index is 13.2. The van der Waals surface area contributed by atoms with Crippen LogP contribution in [-0.2, 0) is 4.74 Å². The molecule has 0 aliphatic rings. The average molecular weight is 375 g/mol. The van der Waals surface area contributed by atoms with Crippen molar-refractivity contribution in [2.45, 2.75) is 13.0 Å². The van der Waals surface area contributed by atoms with Crippen molar-refractivity contribution in [2.24, 2.45) is 0 Å². The Morgan fingerprint density at radius 2 is 1.78 bits per heavy atom. The summed E-state index contributed by atoms with van der Waals surface area (Å²) in [4.78, 5) is 22.1. The molecule has 8 nitrogen and oxygen atoms in total. The number of rotatable bonds is 5. The summed E-state index contributed by atoms with van der Waals surface area (Å²) in [6, 6.07) is 7.74. The van der Waals surface area contributed by atoms with Crippen molar-refractivity contribution in [3.05, 3.63) is 75.7 Å². The highest BCUT2D eigenvalue weighted by atomic mass is 19.1. The van der Waals surface area contributed by atoms with Gasteiger partial charge in [-0.05, 0) is 31.2 Å². The van der Waals surface area contributed by atoms with Gasteiger partial charge in [0, 0.05) is 23.8 Å². The molecule has 2 aromatic carbocycles. The van der Waals surface area contributed by atoms with E-state index in [0.717, 1.165) is 12.1 Å². The molecule has 3 rings (SSSR count). The summed E-state index contributed by atoms with van der Waals surface area (Å²) in [6.45, 7) is 1.45. The molecular weight excluding hydrogens is 364 g/mol. The van der Waals surface area contributed by atoms with Crippen molar-refractivity contribution in [3.8, 4) is 11.5 Å². The maximum Gasteiger partial charge on any atom is 0.339 e. The second kappa shape index (κ2) is 7.28. The van der Waals surface area contributed by atoms with Crippen LogP contribution in [0.1, 0.15) is 29.3 Å². The van der Waals surface area contributed by atoms with Crippen LogP contribution in [0, 0.1) is 21.7 Å². The number of aromatic nitrogens is 2. The molecule has 0 aliphatic carbocycles. The van der Waals surface area contributed by atoms with Gasteiger partial charge >= 0.3 is 5.97 Å². The minimum absolute atomic E-state index is 0.0476. The number of hydrogen-bond acceptors (Lipinski definition) is 7. The molecule has 1 atom stereocenters. The van der Waals surface area contributed by atoms with Crippen LogP contribution in [0.5, 0.6) is 0 Å². The molecule has 1 heterocycles. The Hall–Kier alpha value is -3.69. The van der Waals surface area contributed by atoms with E-state index in [-0.39, 0.29) is 23.0 Å². The summed E-state index contributed by atoms with van der Waals surface area (Å²) >= 11 is 0. The summed E-state index contributed by atoms with van der Waals surface area (Å²) in [5.74, 6) is -2.76. The summed E-state index contributed by atoms with van der Waals surface area (Å²) < 4.78 is 36.8. The molecule has 138 valence electrons. The Bertz CT molecular complexity index is 984. The molecule has 0 bridgehead atoms. The number of nitro groups is 1. The highest BCUT2D eigenvalue weighted by Gasteiger charge is 2.21. The fourth-order valence-electron chi connectivity index (χ4n) is 2.19. The van der Waals surface area contributed by atoms with Crippen molar-refractivity contribution in [1.29, 1.82) is 0 Å². The van der Waals surface area contributed by atoms with E-state index < -0.39 is 28.6 Å². The van der Waals surface area contributed by atoms with Crippen molar-refractivity contribution in [2.75, 3.05) is 0 Å². The molecule has 0 amide bonds. The standard InChI is InChI=1S/C17H11F2N3O5/c1-9(26-17(23)11-6-12(18)8-13(19)7-11)15-20-21-16(27-15)10-2-4-14(5-3-10)22(24)25/h2-9H,1H3. The number of esters is 1. The zero-order valence-corrected chi connectivity index (χ0v) is 13.8. The smallest absolute Gasteiger partial charge is 0.339 e. The summed E-state index contributed by atoms with van der Waals surface area (Å²) in [5, 5.41) is 18.2. The van der Waals surface area contributed by atoms with E-state index in [1.807, 2.05) is 0 Å². The quantitative estimate of drug-likeness (QED) is 0.379. The normalized spacial score (nSPS) is 11.8. The first-order valence-corrected chi connectivity index (χ1v) is 7.59. The Labute approximate surface area is 150 Å². The lowest BCUT2D eigenvalue weighted by Crippen LogP contribution is -2.10. The number of nitro benzene ring substituents is 1. The fraction of sp³-hybridized carbons (Fsp3) is 0.118. The lowest BCUT2D eigenvalue weighted by molar-refractivity contribution is -0.384. The highest BCUT2D eigenvalue weighted by molar-refractivity contribution is 5.89. The third-order valence-corrected chi connectivity index (χ3v) is 3.50. The molecule has 1 aromatic heterocycles. The van der Waals surface area contributed by atoms with Gasteiger partial charge < -0.3 is 9.15 Å². The van der Waals surface area contributed by atoms with E-state index in [1.165, 1.54) is 31.2 Å². The van der Waals surface area contributed by atoms with Crippen LogP contribution < -0.4 is 0 Å². The molecule has 0 N–H and O–H groups in total. The van der Waals surface area contributed by atoms with E-state index in [0.29, 0.717) is 11.6 Å². The zero-order chi connectivity index (χ0) is 19.6. The van der Waals surface area contributed by atoms with Gasteiger partial charge in [0.05, 0.1) is 10.5 Å². The third-order valence-electron chi connectivity index (χ3n) is 3.50. The number of non-ortho nitro benzene ring substituents is 1. The monoisotopic (exact) mass is 375 g/mol. The van der Waals surface area contributed by atoms with E-state index in [9.17, 15) is 23.7 Å². The van der Waals surface area contributed by atoms with E-state index in [1.54, 1.807) is 0 Å². The van der Waals surface area contributed by atoms with Crippen LogP contribution in [0.3, 0.4) is 0 Å². The molecular formula is C17H11F2N3O5. The van der Waals surface area contributed by atoms with E-state index in [2.05, 4.69) is 10.2 Å². The van der Waals surface area contributed by atoms with Gasteiger partial charge in [-0.3, -0.25) is 10.1 Å². The predicted molar refractivity (Wildman–Crippen MR) is 86.6 cm³/mol. The summed E-state index contributed by atoms with van der Waals surface area (Å²) in [6.07, 6.45) is -0.983. The lowest BCUT2D eigenvalue weighted by atomic mass is 10.2. The number of ether oxygens (including phenoxy) is 1. The van der Waals surface area contributed by atoms with Gasteiger partial charge in [0.1, 0.15) is 11.6 Å². The van der Waals surface area contributed by atoms with Gasteiger partial charge in [-0.25, -0.2) is 13.6 Å². The first-order chi connectivity index (χ1) is 12.8. The fourth-order valence-corrected chi connectivity index (χ4v) is 2.19. The van der Waals surface area contributed by atoms with Crippen LogP contribution >= 0.6 is 0 Å². The van der Waals surface area contributed by atoms with Crippen molar-refractivity contribution >= 4 is 11.7 Å². The van der Waals surface area contributed by atoms with E-state index in [4.69, 9.17) is 9.15 Å². The number of carbonyl (C=O) groups excluding carboxylic acids is 1. The van der Waals surface area contributed by atoms with E-state index >= 15 is 0 Å². The zero-order valence-electron chi connectivity index (χ0n) is 13.8. The van der Waals surface area contributed by atoms with Gasteiger partial charge in [-0.1, -0.05) is 0 Å². The average Bonchev–Trinajstić information content (AvgIpc) is 3.11. The molecule has 0 aliphatic heterocycles. The topological polar surface area (TPSA) is 108 Å². The van der Waals surface area contributed by atoms with Crippen molar-refractivity contribution in [3.63, 3.8) is 0 Å². The molecule has 0 fully saturated rings. The van der Waals surface area contributed by atoms with Crippen molar-refractivity contribution < 1.29 is 27.7 Å². The van der Waals surface area contributed by atoms with Gasteiger partial charge in [-0.15, -0.1) is 10.2 Å². The molecule has 1 unspecified atom stereocenters. The maximum absolute atomic E-state index is 13.2. The van der Waals surface area contributed by atoms with Gasteiger partial charge in [-0.2, -0.15) is 0 Å². The van der Waals surface area contributed by atoms with Gasteiger partial charge in [0.15, 0.2) is 6.10 Å².